The number of nitrogens with two attached hydrogens (primary N) is 1. The van der Waals surface area contributed by atoms with Gasteiger partial charge in [-0.15, -0.1) is 0 Å². The van der Waals surface area contributed by atoms with Crippen molar-refractivity contribution < 1.29 is 9.53 Å². The molecule has 0 saturated heterocycles. The molecule has 2 N–H and O–H groups in total. The molecule has 0 amide bonds. The molecule has 0 spiro atoms. The van der Waals surface area contributed by atoms with Crippen molar-refractivity contribution >= 4 is 17.6 Å². The molecule has 0 aliphatic carbocycles. The van der Waals surface area contributed by atoms with Gasteiger partial charge in [0.15, 0.2) is 0 Å². The molecule has 1 heterocycles. The molecule has 2 aromatic rings. The van der Waals surface area contributed by atoms with E-state index in [0.29, 0.717) is 13.2 Å². The average Bonchev–Trinajstić information content (AvgIpc) is 2.81. The Morgan fingerprint density at radius 3 is 3.00 bits per heavy atom. The summed E-state index contributed by atoms with van der Waals surface area (Å²) in [6.45, 7) is 2.46. The van der Waals surface area contributed by atoms with E-state index in [2.05, 4.69) is 5.10 Å². The van der Waals surface area contributed by atoms with Crippen molar-refractivity contribution in [3.63, 3.8) is 0 Å². The third-order valence-corrected chi connectivity index (χ3v) is 2.96. The van der Waals surface area contributed by atoms with Gasteiger partial charge in [0.25, 0.3) is 0 Å². The second kappa shape index (κ2) is 5.86. The lowest BCUT2D eigenvalue weighted by Crippen LogP contribution is -2.05. The number of hydrogen-bond donors (Lipinski definition) is 1. The fourth-order valence-electron chi connectivity index (χ4n) is 1.67. The number of nitrogens with zero attached hydrogens (tertiary/aromatic N) is 2. The topological polar surface area (TPSA) is 70.1 Å². The highest BCUT2D eigenvalue weighted by Gasteiger charge is 2.17. The molecule has 0 aliphatic rings. The Kier molecular flexibility index (Phi) is 4.19. The zero-order chi connectivity index (χ0) is 13.8. The fraction of sp³-hybridized carbons (Fsp3) is 0.231. The van der Waals surface area contributed by atoms with Crippen molar-refractivity contribution in [1.82, 2.24) is 9.78 Å². The van der Waals surface area contributed by atoms with E-state index in [1.54, 1.807) is 6.92 Å². The third-order valence-electron chi connectivity index (χ3n) is 2.60. The first-order chi connectivity index (χ1) is 9.17. The average molecular weight is 280 g/mol. The molecule has 0 fully saturated rings. The van der Waals surface area contributed by atoms with Gasteiger partial charge < -0.3 is 10.5 Å². The number of carbonyl (C=O) groups excluding carboxylic acids is 1. The standard InChI is InChI=1S/C13H14ClN3O2/c1-2-19-13(18)11-8-16-17(12(11)14)10-5-3-4-9(6-10)7-15/h3-6,8H,2,7,15H2,1H3. The molecule has 2 rings (SSSR count). The second-order valence-electron chi connectivity index (χ2n) is 3.86. The molecule has 1 aromatic carbocycles. The number of ether oxygens (including phenoxy) is 1. The lowest BCUT2D eigenvalue weighted by Gasteiger charge is -2.05. The zero-order valence-corrected chi connectivity index (χ0v) is 11.2. The minimum absolute atomic E-state index is 0.229. The van der Waals surface area contributed by atoms with Crippen molar-refractivity contribution in [2.75, 3.05) is 6.61 Å². The summed E-state index contributed by atoms with van der Waals surface area (Å²) in [4.78, 5) is 11.7. The summed E-state index contributed by atoms with van der Waals surface area (Å²) in [5.41, 5.74) is 7.56. The molecular weight excluding hydrogens is 266 g/mol. The number of halogens is 1. The van der Waals surface area contributed by atoms with Gasteiger partial charge in [-0.1, -0.05) is 23.7 Å². The van der Waals surface area contributed by atoms with Gasteiger partial charge in [0.1, 0.15) is 10.7 Å². The van der Waals surface area contributed by atoms with Crippen LogP contribution in [0.1, 0.15) is 22.8 Å². The molecule has 0 radical (unpaired) electrons. The summed E-state index contributed by atoms with van der Waals surface area (Å²) in [6, 6.07) is 7.48. The van der Waals surface area contributed by atoms with E-state index in [0.717, 1.165) is 11.3 Å². The number of esters is 1. The number of rotatable bonds is 4. The number of benzene rings is 1. The van der Waals surface area contributed by atoms with Crippen LogP contribution >= 0.6 is 11.6 Å². The van der Waals surface area contributed by atoms with Gasteiger partial charge in [0.05, 0.1) is 18.5 Å². The van der Waals surface area contributed by atoms with Crippen LogP contribution in [0.25, 0.3) is 5.69 Å². The van der Waals surface area contributed by atoms with Gasteiger partial charge in [-0.05, 0) is 24.6 Å². The van der Waals surface area contributed by atoms with Crippen LogP contribution in [0, 0.1) is 0 Å². The van der Waals surface area contributed by atoms with Gasteiger partial charge in [0, 0.05) is 6.54 Å². The summed E-state index contributed by atoms with van der Waals surface area (Å²) < 4.78 is 6.39. The zero-order valence-electron chi connectivity index (χ0n) is 10.5. The predicted molar refractivity (Wildman–Crippen MR) is 72.4 cm³/mol. The van der Waals surface area contributed by atoms with Crippen LogP contribution in [-0.4, -0.2) is 22.4 Å². The monoisotopic (exact) mass is 279 g/mol. The van der Waals surface area contributed by atoms with E-state index in [4.69, 9.17) is 22.1 Å². The highest BCUT2D eigenvalue weighted by atomic mass is 35.5. The Balaban J connectivity index is 2.38. The summed E-state index contributed by atoms with van der Waals surface area (Å²) in [6.07, 6.45) is 1.40. The summed E-state index contributed by atoms with van der Waals surface area (Å²) in [5, 5.41) is 4.34. The maximum absolute atomic E-state index is 11.7. The van der Waals surface area contributed by atoms with Crippen molar-refractivity contribution in [3.05, 3.63) is 46.7 Å². The first-order valence-corrected chi connectivity index (χ1v) is 6.25. The molecule has 0 unspecified atom stereocenters. The maximum atomic E-state index is 11.7. The van der Waals surface area contributed by atoms with E-state index in [9.17, 15) is 4.79 Å². The number of hydrogen-bond acceptors (Lipinski definition) is 4. The lowest BCUT2D eigenvalue weighted by atomic mass is 10.2. The molecule has 1 aromatic heterocycles. The van der Waals surface area contributed by atoms with E-state index in [1.165, 1.54) is 10.9 Å². The fourth-order valence-corrected chi connectivity index (χ4v) is 1.94. The Hall–Kier alpha value is -1.85. The van der Waals surface area contributed by atoms with Gasteiger partial charge in [-0.25, -0.2) is 9.48 Å². The molecule has 6 heteroatoms. The molecule has 0 aliphatic heterocycles. The van der Waals surface area contributed by atoms with Crippen LogP contribution in [0.5, 0.6) is 0 Å². The molecule has 5 nitrogen and oxygen atoms in total. The first-order valence-electron chi connectivity index (χ1n) is 5.87. The van der Waals surface area contributed by atoms with Gasteiger partial charge >= 0.3 is 5.97 Å². The van der Waals surface area contributed by atoms with E-state index in [1.807, 2.05) is 24.3 Å². The normalized spacial score (nSPS) is 10.5. The SMILES string of the molecule is CCOC(=O)c1cnn(-c2cccc(CN)c2)c1Cl. The van der Waals surface area contributed by atoms with Gasteiger partial charge in [-0.3, -0.25) is 0 Å². The predicted octanol–water partition coefficient (Wildman–Crippen LogP) is 2.16. The highest BCUT2D eigenvalue weighted by molar-refractivity contribution is 6.32. The second-order valence-corrected chi connectivity index (χ2v) is 4.21. The third kappa shape index (κ3) is 2.77. The van der Waals surface area contributed by atoms with Crippen LogP contribution in [0.2, 0.25) is 5.15 Å². The van der Waals surface area contributed by atoms with E-state index >= 15 is 0 Å². The number of aromatic nitrogens is 2. The van der Waals surface area contributed by atoms with E-state index < -0.39 is 5.97 Å². The van der Waals surface area contributed by atoms with E-state index in [-0.39, 0.29) is 10.7 Å². The minimum Gasteiger partial charge on any atom is -0.462 e. The smallest absolute Gasteiger partial charge is 0.342 e. The van der Waals surface area contributed by atoms with Crippen LogP contribution in [0.4, 0.5) is 0 Å². The van der Waals surface area contributed by atoms with Gasteiger partial charge in [0.2, 0.25) is 0 Å². The summed E-state index contributed by atoms with van der Waals surface area (Å²) in [5.74, 6) is -0.478. The minimum atomic E-state index is -0.478. The summed E-state index contributed by atoms with van der Waals surface area (Å²) in [7, 11) is 0. The molecule has 0 bridgehead atoms. The largest absolute Gasteiger partial charge is 0.462 e. The number of carbonyl (C=O) groups is 1. The Bertz CT molecular complexity index is 595. The van der Waals surface area contributed by atoms with Crippen LogP contribution in [-0.2, 0) is 11.3 Å². The Morgan fingerprint density at radius 1 is 1.53 bits per heavy atom. The molecule has 0 saturated carbocycles. The first kappa shape index (κ1) is 13.6. The van der Waals surface area contributed by atoms with Crippen molar-refractivity contribution in [2.45, 2.75) is 13.5 Å². The van der Waals surface area contributed by atoms with Crippen molar-refractivity contribution in [1.29, 1.82) is 0 Å². The van der Waals surface area contributed by atoms with Crippen LogP contribution in [0.3, 0.4) is 0 Å². The molecule has 0 atom stereocenters. The molecular formula is C13H14ClN3O2. The summed E-state index contributed by atoms with van der Waals surface area (Å²) >= 11 is 6.15. The van der Waals surface area contributed by atoms with Crippen LogP contribution in [0.15, 0.2) is 30.5 Å². The Morgan fingerprint density at radius 2 is 2.32 bits per heavy atom. The highest BCUT2D eigenvalue weighted by Crippen LogP contribution is 2.21. The van der Waals surface area contributed by atoms with Crippen molar-refractivity contribution in [2.24, 2.45) is 5.73 Å². The Labute approximate surface area is 115 Å². The quantitative estimate of drug-likeness (QED) is 0.871. The maximum Gasteiger partial charge on any atom is 0.342 e. The van der Waals surface area contributed by atoms with Gasteiger partial charge in [-0.2, -0.15) is 5.10 Å². The lowest BCUT2D eigenvalue weighted by molar-refractivity contribution is 0.0526. The molecule has 100 valence electrons. The van der Waals surface area contributed by atoms with Crippen LogP contribution < -0.4 is 5.73 Å². The van der Waals surface area contributed by atoms with Crippen molar-refractivity contribution in [3.8, 4) is 5.69 Å². The molecule has 19 heavy (non-hydrogen) atoms.